The molecule has 9 nitrogen and oxygen atoms in total. The van der Waals surface area contributed by atoms with Gasteiger partial charge in [0.25, 0.3) is 0 Å². The zero-order valence-corrected chi connectivity index (χ0v) is 25.2. The molecule has 2 aromatic carbocycles. The molecule has 0 saturated heterocycles. The minimum absolute atomic E-state index is 0.0589. The first-order valence-electron chi connectivity index (χ1n) is 13.1. The Morgan fingerprint density at radius 3 is 2.49 bits per heavy atom. The van der Waals surface area contributed by atoms with Crippen molar-refractivity contribution in [3.8, 4) is 5.00 Å². The number of ketones is 1. The van der Waals surface area contributed by atoms with Crippen LogP contribution < -0.4 is 10.6 Å². The van der Waals surface area contributed by atoms with E-state index in [1.165, 1.54) is 11.3 Å². The van der Waals surface area contributed by atoms with Crippen molar-refractivity contribution in [2.45, 2.75) is 59.6 Å². The number of anilines is 1. The number of hydrogen-bond acceptors (Lipinski definition) is 7. The summed E-state index contributed by atoms with van der Waals surface area (Å²) in [6, 6.07) is 15.4. The van der Waals surface area contributed by atoms with Gasteiger partial charge in [-0.2, -0.15) is 0 Å². The molecule has 41 heavy (non-hydrogen) atoms. The lowest BCUT2D eigenvalue weighted by molar-refractivity contribution is -0.153. The average molecular weight is 594 g/mol. The summed E-state index contributed by atoms with van der Waals surface area (Å²) >= 11 is 7.81. The number of thiophene rings is 1. The maximum absolute atomic E-state index is 13.5. The molecular formula is C30H32ClN5O4S. The van der Waals surface area contributed by atoms with Crippen molar-refractivity contribution < 1.29 is 19.1 Å². The fourth-order valence-corrected chi connectivity index (χ4v) is 5.53. The third kappa shape index (κ3) is 7.59. The Morgan fingerprint density at radius 1 is 1.02 bits per heavy atom. The summed E-state index contributed by atoms with van der Waals surface area (Å²) in [7, 11) is 0. The number of nitrogens with zero attached hydrogens (tertiary/aromatic N) is 3. The molecule has 0 fully saturated rings. The van der Waals surface area contributed by atoms with Crippen molar-refractivity contribution in [3.63, 3.8) is 0 Å². The average Bonchev–Trinajstić information content (AvgIpc) is 3.49. The Bertz CT molecular complexity index is 1590. The van der Waals surface area contributed by atoms with E-state index in [0.29, 0.717) is 44.1 Å². The molecule has 0 atom stereocenters. The lowest BCUT2D eigenvalue weighted by Crippen LogP contribution is -2.29. The minimum Gasteiger partial charge on any atom is -0.460 e. The second kappa shape index (κ2) is 12.7. The highest BCUT2D eigenvalue weighted by Crippen LogP contribution is 2.32. The Balaban J connectivity index is 1.49. The Kier molecular flexibility index (Phi) is 9.25. The van der Waals surface area contributed by atoms with Crippen LogP contribution in [0.3, 0.4) is 0 Å². The molecule has 0 aliphatic heterocycles. The van der Waals surface area contributed by atoms with Crippen molar-refractivity contribution in [3.05, 3.63) is 92.8 Å². The highest BCUT2D eigenvalue weighted by Gasteiger charge is 2.24. The number of rotatable bonds is 9. The van der Waals surface area contributed by atoms with Crippen LogP contribution in [0.4, 0.5) is 10.5 Å². The highest BCUT2D eigenvalue weighted by molar-refractivity contribution is 7.15. The molecule has 0 radical (unpaired) electrons. The number of halogens is 1. The van der Waals surface area contributed by atoms with E-state index in [4.69, 9.17) is 16.3 Å². The van der Waals surface area contributed by atoms with E-state index >= 15 is 0 Å². The summed E-state index contributed by atoms with van der Waals surface area (Å²) in [6.07, 6.45) is 0.838. The van der Waals surface area contributed by atoms with Gasteiger partial charge in [0.1, 0.15) is 16.4 Å². The van der Waals surface area contributed by atoms with Crippen molar-refractivity contribution in [2.24, 2.45) is 0 Å². The quantitative estimate of drug-likeness (QED) is 0.174. The molecule has 0 saturated carbocycles. The summed E-state index contributed by atoms with van der Waals surface area (Å²) in [6.45, 7) is 9.32. The molecule has 0 unspecified atom stereocenters. The number of carbonyl (C=O) groups is 3. The van der Waals surface area contributed by atoms with E-state index in [1.807, 2.05) is 33.8 Å². The number of benzene rings is 2. The molecule has 2 aromatic heterocycles. The third-order valence-corrected chi connectivity index (χ3v) is 7.52. The number of hydrogen-bond donors (Lipinski definition) is 2. The number of ether oxygens (including phenoxy) is 1. The molecule has 0 spiro atoms. The van der Waals surface area contributed by atoms with Gasteiger partial charge in [0, 0.05) is 16.1 Å². The monoisotopic (exact) mass is 593 g/mol. The van der Waals surface area contributed by atoms with Gasteiger partial charge in [0.2, 0.25) is 0 Å². The van der Waals surface area contributed by atoms with Crippen molar-refractivity contribution in [2.75, 3.05) is 5.32 Å². The van der Waals surface area contributed by atoms with E-state index in [9.17, 15) is 14.4 Å². The summed E-state index contributed by atoms with van der Waals surface area (Å²) in [5.41, 5.74) is 1.58. The summed E-state index contributed by atoms with van der Waals surface area (Å²) in [4.78, 5) is 39.5. The molecule has 0 aliphatic carbocycles. The van der Waals surface area contributed by atoms with Gasteiger partial charge < -0.3 is 15.4 Å². The molecule has 2 heterocycles. The topological polar surface area (TPSA) is 115 Å². The Labute approximate surface area is 247 Å². The van der Waals surface area contributed by atoms with E-state index in [1.54, 1.807) is 60.0 Å². The molecule has 214 valence electrons. The van der Waals surface area contributed by atoms with E-state index in [0.717, 1.165) is 11.3 Å². The van der Waals surface area contributed by atoms with Crippen molar-refractivity contribution in [1.29, 1.82) is 0 Å². The number of nitrogens with one attached hydrogen (secondary N) is 2. The number of esters is 1. The van der Waals surface area contributed by atoms with Crippen LogP contribution in [0.1, 0.15) is 65.7 Å². The van der Waals surface area contributed by atoms with Gasteiger partial charge in [-0.3, -0.25) is 14.2 Å². The van der Waals surface area contributed by atoms with Gasteiger partial charge in [-0.25, -0.2) is 4.79 Å². The minimum atomic E-state index is -0.574. The van der Waals surface area contributed by atoms with Gasteiger partial charge in [-0.1, -0.05) is 42.8 Å². The van der Waals surface area contributed by atoms with Crippen LogP contribution in [-0.2, 0) is 28.9 Å². The maximum Gasteiger partial charge on any atom is 0.319 e. The predicted molar refractivity (Wildman–Crippen MR) is 160 cm³/mol. The van der Waals surface area contributed by atoms with Gasteiger partial charge in [0.05, 0.1) is 23.6 Å². The molecular weight excluding hydrogens is 562 g/mol. The van der Waals surface area contributed by atoms with Crippen molar-refractivity contribution >= 4 is 46.4 Å². The van der Waals surface area contributed by atoms with Crippen LogP contribution in [0, 0.1) is 6.92 Å². The fourth-order valence-electron chi connectivity index (χ4n) is 4.15. The smallest absolute Gasteiger partial charge is 0.319 e. The van der Waals surface area contributed by atoms with E-state index in [2.05, 4.69) is 20.8 Å². The second-order valence-corrected chi connectivity index (χ2v) is 11.9. The SMILES string of the molecule is CCc1cc(C(=O)c2ccccc2Cl)c(-n2c(C)nnc2CNC(=O)Nc2cccc(CC(=O)OC(C)(C)C)c2)s1. The van der Waals surface area contributed by atoms with E-state index in [-0.39, 0.29) is 24.7 Å². The Morgan fingerprint density at radius 2 is 1.78 bits per heavy atom. The molecule has 2 N–H and O–H groups in total. The largest absolute Gasteiger partial charge is 0.460 e. The van der Waals surface area contributed by atoms with Crippen LogP contribution in [0.2, 0.25) is 5.02 Å². The summed E-state index contributed by atoms with van der Waals surface area (Å²) in [5.74, 6) is 0.502. The number of aryl methyl sites for hydroxylation is 2. The highest BCUT2D eigenvalue weighted by atomic mass is 35.5. The molecule has 11 heteroatoms. The Hall–Kier alpha value is -4.02. The predicted octanol–water partition coefficient (Wildman–Crippen LogP) is 6.29. The zero-order chi connectivity index (χ0) is 29.7. The zero-order valence-electron chi connectivity index (χ0n) is 23.6. The molecule has 0 aliphatic rings. The first-order valence-corrected chi connectivity index (χ1v) is 14.3. The van der Waals surface area contributed by atoms with Crippen molar-refractivity contribution in [1.82, 2.24) is 20.1 Å². The number of urea groups is 1. The fraction of sp³-hybridized carbons (Fsp3) is 0.300. The number of carbonyl (C=O) groups excluding carboxylic acids is 3. The summed E-state index contributed by atoms with van der Waals surface area (Å²) < 4.78 is 7.17. The molecule has 4 rings (SSSR count). The number of amides is 2. The lowest BCUT2D eigenvalue weighted by Gasteiger charge is -2.19. The van der Waals surface area contributed by atoms with E-state index < -0.39 is 11.6 Å². The third-order valence-electron chi connectivity index (χ3n) is 5.93. The van der Waals surface area contributed by atoms with Crippen LogP contribution in [-0.4, -0.2) is 38.1 Å². The van der Waals surface area contributed by atoms with Crippen LogP contribution in [0.25, 0.3) is 5.00 Å². The first kappa shape index (κ1) is 30.0. The maximum atomic E-state index is 13.5. The van der Waals surface area contributed by atoms with Gasteiger partial charge in [-0.15, -0.1) is 21.5 Å². The second-order valence-electron chi connectivity index (χ2n) is 10.4. The summed E-state index contributed by atoms with van der Waals surface area (Å²) in [5, 5.41) is 15.1. The van der Waals surface area contributed by atoms with Gasteiger partial charge >= 0.3 is 12.0 Å². The number of aromatic nitrogens is 3. The molecule has 4 aromatic rings. The lowest BCUT2D eigenvalue weighted by atomic mass is 10.0. The van der Waals surface area contributed by atoms with Crippen LogP contribution >= 0.6 is 22.9 Å². The van der Waals surface area contributed by atoms with Crippen LogP contribution in [0.5, 0.6) is 0 Å². The molecule has 0 bridgehead atoms. The van der Waals surface area contributed by atoms with Gasteiger partial charge in [-0.05, 0) is 70.0 Å². The van der Waals surface area contributed by atoms with Gasteiger partial charge in [0.15, 0.2) is 11.6 Å². The molecule has 2 amide bonds. The standard InChI is InChI=1S/C30H32ClN5O4S/c1-6-21-16-23(27(38)22-12-7-8-13-24(22)31)28(41-21)36-18(2)34-35-25(36)17-32-29(39)33-20-11-9-10-19(14-20)15-26(37)40-30(3,4)5/h7-14,16H,6,15,17H2,1-5H3,(H2,32,33,39). The van der Waals surface area contributed by atoms with Crippen LogP contribution in [0.15, 0.2) is 54.6 Å². The first-order chi connectivity index (χ1) is 19.4. The normalized spacial score (nSPS) is 11.3.